The third-order valence-electron chi connectivity index (χ3n) is 2.97. The molecule has 1 aromatic heterocycles. The summed E-state index contributed by atoms with van der Waals surface area (Å²) >= 11 is 9.17. The second kappa shape index (κ2) is 6.68. The maximum Gasteiger partial charge on any atom is 0.213 e. The Morgan fingerprint density at radius 3 is 2.86 bits per heavy atom. The zero-order chi connectivity index (χ0) is 15.6. The second-order valence-electron chi connectivity index (χ2n) is 4.80. The highest BCUT2D eigenvalue weighted by Crippen LogP contribution is 2.26. The highest BCUT2D eigenvalue weighted by Gasteiger charge is 2.22. The van der Waals surface area contributed by atoms with Crippen LogP contribution >= 0.6 is 27.5 Å². The minimum absolute atomic E-state index is 0.131. The van der Waals surface area contributed by atoms with Crippen molar-refractivity contribution in [3.05, 3.63) is 51.0 Å². The van der Waals surface area contributed by atoms with Crippen molar-refractivity contribution in [1.29, 1.82) is 0 Å². The van der Waals surface area contributed by atoms with Crippen LogP contribution in [0.2, 0.25) is 5.02 Å². The molecule has 0 aliphatic carbocycles. The number of carbonyl (C=O) groups is 1. The first kappa shape index (κ1) is 16.1. The topological polar surface area (TPSA) is 38.1 Å². The third kappa shape index (κ3) is 3.51. The second-order valence-corrected chi connectivity index (χ2v) is 6.00. The number of carbonyl (C=O) groups excluding carboxylic acids is 1. The van der Waals surface area contributed by atoms with E-state index in [4.69, 9.17) is 11.6 Å². The number of rotatable bonds is 5. The molecule has 0 atom stereocenters. The number of hydrogen-bond donors (Lipinski definition) is 0. The lowest BCUT2D eigenvalue weighted by Crippen LogP contribution is -2.22. The first-order chi connectivity index (χ1) is 9.91. The Hall–Kier alpha value is -1.24. The molecule has 0 fully saturated rings. The Bertz CT molecular complexity index is 672. The van der Waals surface area contributed by atoms with Gasteiger partial charge in [-0.1, -0.05) is 17.7 Å². The summed E-state index contributed by atoms with van der Waals surface area (Å²) in [4.78, 5) is 14.6. The monoisotopic (exact) mass is 373 g/mol. The lowest BCUT2D eigenvalue weighted by atomic mass is 10.1. The fourth-order valence-electron chi connectivity index (χ4n) is 1.86. The van der Waals surface area contributed by atoms with Crippen molar-refractivity contribution >= 4 is 33.3 Å². The molecule has 0 unspecified atom stereocenters. The summed E-state index contributed by atoms with van der Waals surface area (Å²) in [5.74, 6) is -0.848. The van der Waals surface area contributed by atoms with Crippen LogP contribution in [0.25, 0.3) is 0 Å². The van der Waals surface area contributed by atoms with E-state index in [0.29, 0.717) is 13.1 Å². The molecule has 0 amide bonds. The first-order valence-electron chi connectivity index (χ1n) is 6.26. The van der Waals surface area contributed by atoms with Crippen molar-refractivity contribution in [2.75, 3.05) is 20.6 Å². The van der Waals surface area contributed by atoms with Crippen LogP contribution in [0.15, 0.2) is 28.9 Å². The van der Waals surface area contributed by atoms with Gasteiger partial charge in [-0.15, -0.1) is 0 Å². The van der Waals surface area contributed by atoms with Crippen molar-refractivity contribution in [2.45, 2.75) is 6.54 Å². The molecular weight excluding hydrogens is 361 g/mol. The Morgan fingerprint density at radius 1 is 1.48 bits per heavy atom. The molecule has 21 heavy (non-hydrogen) atoms. The van der Waals surface area contributed by atoms with Crippen LogP contribution in [-0.4, -0.2) is 41.1 Å². The van der Waals surface area contributed by atoms with Gasteiger partial charge in [-0.3, -0.25) is 9.48 Å². The molecule has 2 rings (SSSR count). The standard InChI is InChI=1S/C14H14BrClFN3O/c1-19(2)6-7-20-13(10(16)8-18-20)14(21)9-4-3-5-11(17)12(9)15/h3-5,8H,6-7H2,1-2H3. The molecule has 0 aliphatic heterocycles. The molecule has 2 aromatic rings. The quantitative estimate of drug-likeness (QED) is 0.754. The van der Waals surface area contributed by atoms with E-state index in [1.807, 2.05) is 19.0 Å². The van der Waals surface area contributed by atoms with Gasteiger partial charge in [0.2, 0.25) is 5.78 Å². The summed E-state index contributed by atoms with van der Waals surface area (Å²) < 4.78 is 15.2. The van der Waals surface area contributed by atoms with Crippen LogP contribution in [0.4, 0.5) is 4.39 Å². The fourth-order valence-corrected chi connectivity index (χ4v) is 2.53. The molecule has 0 N–H and O–H groups in total. The number of likely N-dealkylation sites (N-methyl/N-ethyl adjacent to an activating group) is 1. The zero-order valence-corrected chi connectivity index (χ0v) is 13.9. The SMILES string of the molecule is CN(C)CCn1ncc(Cl)c1C(=O)c1cccc(F)c1Br. The molecular formula is C14H14BrClFN3O. The number of ketones is 1. The highest BCUT2D eigenvalue weighted by molar-refractivity contribution is 9.10. The van der Waals surface area contributed by atoms with Crippen LogP contribution < -0.4 is 0 Å². The van der Waals surface area contributed by atoms with Gasteiger partial charge in [0.05, 0.1) is 22.2 Å². The summed E-state index contributed by atoms with van der Waals surface area (Å²) in [6.45, 7) is 1.23. The van der Waals surface area contributed by atoms with Gasteiger partial charge in [-0.25, -0.2) is 4.39 Å². The molecule has 7 heteroatoms. The van der Waals surface area contributed by atoms with Gasteiger partial charge in [0.1, 0.15) is 11.5 Å². The highest BCUT2D eigenvalue weighted by atomic mass is 79.9. The van der Waals surface area contributed by atoms with E-state index in [1.165, 1.54) is 18.3 Å². The van der Waals surface area contributed by atoms with E-state index in [2.05, 4.69) is 21.0 Å². The number of hydrogen-bond acceptors (Lipinski definition) is 3. The number of benzene rings is 1. The van der Waals surface area contributed by atoms with Crippen LogP contribution in [0.1, 0.15) is 16.1 Å². The van der Waals surface area contributed by atoms with Crippen molar-refractivity contribution < 1.29 is 9.18 Å². The largest absolute Gasteiger partial charge is 0.308 e. The maximum absolute atomic E-state index is 13.6. The van der Waals surface area contributed by atoms with E-state index in [-0.39, 0.29) is 26.5 Å². The first-order valence-corrected chi connectivity index (χ1v) is 7.43. The van der Waals surface area contributed by atoms with Crippen LogP contribution in [0.5, 0.6) is 0 Å². The average Bonchev–Trinajstić information content (AvgIpc) is 2.80. The molecule has 1 aromatic carbocycles. The van der Waals surface area contributed by atoms with Gasteiger partial charge in [0, 0.05) is 12.1 Å². The van der Waals surface area contributed by atoms with Gasteiger partial charge in [-0.2, -0.15) is 5.10 Å². The Kier molecular flexibility index (Phi) is 5.13. The number of halogens is 3. The van der Waals surface area contributed by atoms with Crippen LogP contribution in [0.3, 0.4) is 0 Å². The van der Waals surface area contributed by atoms with Gasteiger partial charge >= 0.3 is 0 Å². The summed E-state index contributed by atoms with van der Waals surface area (Å²) in [6, 6.07) is 4.32. The van der Waals surface area contributed by atoms with Crippen LogP contribution in [0, 0.1) is 5.82 Å². The lowest BCUT2D eigenvalue weighted by molar-refractivity contribution is 0.102. The van der Waals surface area contributed by atoms with E-state index in [9.17, 15) is 9.18 Å². The Morgan fingerprint density at radius 2 is 2.19 bits per heavy atom. The van der Waals surface area contributed by atoms with Crippen molar-refractivity contribution in [1.82, 2.24) is 14.7 Å². The van der Waals surface area contributed by atoms with E-state index in [1.54, 1.807) is 10.7 Å². The van der Waals surface area contributed by atoms with Gasteiger partial charge in [-0.05, 0) is 42.2 Å². The summed E-state index contributed by atoms with van der Waals surface area (Å²) in [5.41, 5.74) is 0.494. The summed E-state index contributed by atoms with van der Waals surface area (Å²) in [5, 5.41) is 4.37. The third-order valence-corrected chi connectivity index (χ3v) is 4.05. The predicted molar refractivity (Wildman–Crippen MR) is 83.3 cm³/mol. The molecule has 4 nitrogen and oxygen atoms in total. The molecule has 0 bridgehead atoms. The number of nitrogens with zero attached hydrogens (tertiary/aromatic N) is 3. The molecule has 0 radical (unpaired) electrons. The predicted octanol–water partition coefficient (Wildman–Crippen LogP) is 3.23. The van der Waals surface area contributed by atoms with Gasteiger partial charge in [0.25, 0.3) is 0 Å². The smallest absolute Gasteiger partial charge is 0.213 e. The summed E-state index contributed by atoms with van der Waals surface area (Å²) in [7, 11) is 3.85. The zero-order valence-electron chi connectivity index (χ0n) is 11.6. The van der Waals surface area contributed by atoms with E-state index >= 15 is 0 Å². The van der Waals surface area contributed by atoms with Gasteiger partial charge < -0.3 is 4.90 Å². The minimum atomic E-state index is -0.490. The van der Waals surface area contributed by atoms with Gasteiger partial charge in [0.15, 0.2) is 0 Å². The molecule has 112 valence electrons. The molecule has 0 spiro atoms. The summed E-state index contributed by atoms with van der Waals surface area (Å²) in [6.07, 6.45) is 1.43. The molecule has 1 heterocycles. The average molecular weight is 375 g/mol. The van der Waals surface area contributed by atoms with Crippen molar-refractivity contribution in [3.63, 3.8) is 0 Å². The molecule has 0 aliphatic rings. The Balaban J connectivity index is 2.39. The number of aromatic nitrogens is 2. The molecule has 0 saturated carbocycles. The normalized spacial score (nSPS) is 11.1. The minimum Gasteiger partial charge on any atom is -0.308 e. The van der Waals surface area contributed by atoms with E-state index in [0.717, 1.165) is 0 Å². The van der Waals surface area contributed by atoms with E-state index < -0.39 is 5.82 Å². The fraction of sp³-hybridized carbons (Fsp3) is 0.286. The maximum atomic E-state index is 13.6. The lowest BCUT2D eigenvalue weighted by Gasteiger charge is -2.12. The Labute approximate surface area is 135 Å². The molecule has 0 saturated heterocycles. The van der Waals surface area contributed by atoms with Crippen molar-refractivity contribution in [2.24, 2.45) is 0 Å². The van der Waals surface area contributed by atoms with Crippen molar-refractivity contribution in [3.8, 4) is 0 Å². The van der Waals surface area contributed by atoms with Crippen LogP contribution in [-0.2, 0) is 6.54 Å².